The van der Waals surface area contributed by atoms with Gasteiger partial charge in [-0.15, -0.1) is 0 Å². The first-order chi connectivity index (χ1) is 11.4. The topological polar surface area (TPSA) is 92.5 Å². The quantitative estimate of drug-likeness (QED) is 0.814. The van der Waals surface area contributed by atoms with Crippen LogP contribution in [-0.2, 0) is 10.0 Å². The molecule has 0 aliphatic carbocycles. The van der Waals surface area contributed by atoms with Gasteiger partial charge < -0.3 is 10.6 Å². The van der Waals surface area contributed by atoms with Gasteiger partial charge in [0.15, 0.2) is 0 Å². The van der Waals surface area contributed by atoms with Crippen molar-refractivity contribution in [2.24, 2.45) is 5.73 Å². The smallest absolute Gasteiger partial charge is 0.254 e. The summed E-state index contributed by atoms with van der Waals surface area (Å²) in [5.41, 5.74) is 6.27. The number of carbonyl (C=O) groups excluding carboxylic acids is 1. The van der Waals surface area contributed by atoms with Crippen LogP contribution in [0.3, 0.4) is 0 Å². The summed E-state index contributed by atoms with van der Waals surface area (Å²) in [5.74, 6) is -0.0796. The molecule has 2 unspecified atom stereocenters. The molecule has 1 aliphatic heterocycles. The predicted octanol–water partition coefficient (Wildman–Crippen LogP) is 1.72. The average Bonchev–Trinajstić information content (AvgIpc) is 2.60. The highest BCUT2D eigenvalue weighted by atomic mass is 32.2. The molecule has 7 heteroatoms. The first kappa shape index (κ1) is 18.9. The Hall–Kier alpha value is -1.44. The van der Waals surface area contributed by atoms with Crippen molar-refractivity contribution in [2.75, 3.05) is 13.1 Å². The number of benzene rings is 1. The number of sulfonamides is 1. The van der Waals surface area contributed by atoms with Gasteiger partial charge in [0.1, 0.15) is 0 Å². The number of nitrogens with zero attached hydrogens (tertiary/aromatic N) is 1. The number of hydrogen-bond acceptors (Lipinski definition) is 4. The summed E-state index contributed by atoms with van der Waals surface area (Å²) in [4.78, 5) is 14.6. The first-order valence-corrected chi connectivity index (χ1v) is 10.0. The maximum atomic E-state index is 12.7. The van der Waals surface area contributed by atoms with Crippen molar-refractivity contribution in [2.45, 2.75) is 56.5 Å². The molecule has 2 rings (SSSR count). The van der Waals surface area contributed by atoms with Crippen LogP contribution in [0.2, 0.25) is 0 Å². The van der Waals surface area contributed by atoms with Crippen LogP contribution in [-0.4, -0.2) is 44.4 Å². The highest BCUT2D eigenvalue weighted by Crippen LogP contribution is 2.20. The highest BCUT2D eigenvalue weighted by molar-refractivity contribution is 7.89. The molecule has 0 spiro atoms. The number of amides is 1. The first-order valence-electron chi connectivity index (χ1n) is 8.52. The highest BCUT2D eigenvalue weighted by Gasteiger charge is 2.26. The maximum Gasteiger partial charge on any atom is 0.254 e. The van der Waals surface area contributed by atoms with Gasteiger partial charge in [0.05, 0.1) is 4.90 Å². The summed E-state index contributed by atoms with van der Waals surface area (Å²) < 4.78 is 27.1. The van der Waals surface area contributed by atoms with E-state index in [9.17, 15) is 13.2 Å². The molecule has 0 saturated carbocycles. The Labute approximate surface area is 144 Å². The lowest BCUT2D eigenvalue weighted by Crippen LogP contribution is -2.47. The second-order valence-corrected chi connectivity index (χ2v) is 8.05. The SMILES string of the molecule is CCC(C)NS(=O)(=O)c1ccc(C(=O)N2CCCCC2CN)cc1. The van der Waals surface area contributed by atoms with E-state index in [0.29, 0.717) is 25.1 Å². The third-order valence-corrected chi connectivity index (χ3v) is 6.15. The molecule has 6 nitrogen and oxygen atoms in total. The minimum Gasteiger partial charge on any atom is -0.334 e. The molecular weight excluding hydrogens is 326 g/mol. The number of nitrogens with two attached hydrogens (primary N) is 1. The Balaban J connectivity index is 2.15. The Morgan fingerprint density at radius 1 is 1.33 bits per heavy atom. The maximum absolute atomic E-state index is 12.7. The van der Waals surface area contributed by atoms with E-state index >= 15 is 0 Å². The van der Waals surface area contributed by atoms with Crippen molar-refractivity contribution < 1.29 is 13.2 Å². The van der Waals surface area contributed by atoms with Gasteiger partial charge in [-0.05, 0) is 56.9 Å². The largest absolute Gasteiger partial charge is 0.334 e. The molecule has 0 bridgehead atoms. The molecule has 1 saturated heterocycles. The van der Waals surface area contributed by atoms with Gasteiger partial charge in [0.2, 0.25) is 10.0 Å². The van der Waals surface area contributed by atoms with E-state index in [1.54, 1.807) is 12.1 Å². The summed E-state index contributed by atoms with van der Waals surface area (Å²) in [6.45, 7) is 4.90. The van der Waals surface area contributed by atoms with Crippen molar-refractivity contribution in [3.63, 3.8) is 0 Å². The van der Waals surface area contributed by atoms with E-state index in [1.165, 1.54) is 12.1 Å². The molecule has 2 atom stereocenters. The third-order valence-electron chi connectivity index (χ3n) is 4.54. The third kappa shape index (κ3) is 4.34. The number of rotatable bonds is 6. The van der Waals surface area contributed by atoms with E-state index in [1.807, 2.05) is 18.7 Å². The van der Waals surface area contributed by atoms with Gasteiger partial charge in [0.25, 0.3) is 5.91 Å². The fraction of sp³-hybridized carbons (Fsp3) is 0.588. The zero-order valence-electron chi connectivity index (χ0n) is 14.4. The zero-order chi connectivity index (χ0) is 17.7. The van der Waals surface area contributed by atoms with Crippen molar-refractivity contribution in [3.8, 4) is 0 Å². The Bertz CT molecular complexity index is 658. The number of nitrogens with one attached hydrogen (secondary N) is 1. The number of likely N-dealkylation sites (tertiary alicyclic amines) is 1. The average molecular weight is 353 g/mol. The lowest BCUT2D eigenvalue weighted by Gasteiger charge is -2.35. The van der Waals surface area contributed by atoms with E-state index in [0.717, 1.165) is 19.3 Å². The standard InChI is InChI=1S/C17H27N3O3S/c1-3-13(2)19-24(22,23)16-9-7-14(8-10-16)17(21)20-11-5-4-6-15(20)12-18/h7-10,13,15,19H,3-6,11-12,18H2,1-2H3. The molecule has 0 aromatic heterocycles. The molecule has 1 heterocycles. The number of carbonyl (C=O) groups is 1. The minimum atomic E-state index is -3.55. The van der Waals surface area contributed by atoms with E-state index in [-0.39, 0.29) is 22.9 Å². The molecule has 1 fully saturated rings. The molecular formula is C17H27N3O3S. The monoisotopic (exact) mass is 353 g/mol. The second-order valence-electron chi connectivity index (χ2n) is 6.34. The van der Waals surface area contributed by atoms with Crippen molar-refractivity contribution >= 4 is 15.9 Å². The van der Waals surface area contributed by atoms with Gasteiger partial charge in [-0.1, -0.05) is 6.92 Å². The summed E-state index contributed by atoms with van der Waals surface area (Å²) in [6, 6.07) is 6.07. The molecule has 1 aliphatic rings. The molecule has 1 aromatic carbocycles. The van der Waals surface area contributed by atoms with E-state index < -0.39 is 10.0 Å². The minimum absolute atomic E-state index is 0.0710. The summed E-state index contributed by atoms with van der Waals surface area (Å²) >= 11 is 0. The number of piperidine rings is 1. The number of hydrogen-bond donors (Lipinski definition) is 2. The van der Waals surface area contributed by atoms with Gasteiger partial charge in [-0.2, -0.15) is 0 Å². The molecule has 3 N–H and O–H groups in total. The lowest BCUT2D eigenvalue weighted by molar-refractivity contribution is 0.0623. The Morgan fingerprint density at radius 3 is 2.58 bits per heavy atom. The van der Waals surface area contributed by atoms with Crippen LogP contribution in [0.4, 0.5) is 0 Å². The summed E-state index contributed by atoms with van der Waals surface area (Å²) in [6.07, 6.45) is 3.70. The molecule has 0 radical (unpaired) electrons. The zero-order valence-corrected chi connectivity index (χ0v) is 15.2. The van der Waals surface area contributed by atoms with Crippen LogP contribution >= 0.6 is 0 Å². The molecule has 134 valence electrons. The van der Waals surface area contributed by atoms with Crippen LogP contribution < -0.4 is 10.5 Å². The van der Waals surface area contributed by atoms with Gasteiger partial charge in [-0.25, -0.2) is 13.1 Å². The van der Waals surface area contributed by atoms with E-state index in [4.69, 9.17) is 5.73 Å². The van der Waals surface area contributed by atoms with Gasteiger partial charge in [0, 0.05) is 30.7 Å². The molecule has 24 heavy (non-hydrogen) atoms. The summed E-state index contributed by atoms with van der Waals surface area (Å²) in [7, 11) is -3.55. The van der Waals surface area contributed by atoms with Gasteiger partial charge >= 0.3 is 0 Å². The van der Waals surface area contributed by atoms with E-state index in [2.05, 4.69) is 4.72 Å². The predicted molar refractivity (Wildman–Crippen MR) is 94.2 cm³/mol. The lowest BCUT2D eigenvalue weighted by atomic mass is 10.0. The van der Waals surface area contributed by atoms with Gasteiger partial charge in [-0.3, -0.25) is 4.79 Å². The van der Waals surface area contributed by atoms with Crippen molar-refractivity contribution in [1.29, 1.82) is 0 Å². The Morgan fingerprint density at radius 2 is 2.00 bits per heavy atom. The van der Waals surface area contributed by atoms with Crippen LogP contribution in [0.15, 0.2) is 29.2 Å². The van der Waals surface area contributed by atoms with Crippen LogP contribution in [0.5, 0.6) is 0 Å². The Kier molecular flexibility index (Phi) is 6.37. The van der Waals surface area contributed by atoms with Crippen LogP contribution in [0.1, 0.15) is 49.9 Å². The second kappa shape index (κ2) is 8.09. The molecule has 1 aromatic rings. The fourth-order valence-corrected chi connectivity index (χ4v) is 4.20. The van der Waals surface area contributed by atoms with Crippen LogP contribution in [0, 0.1) is 0 Å². The molecule has 1 amide bonds. The van der Waals surface area contributed by atoms with Crippen molar-refractivity contribution in [1.82, 2.24) is 9.62 Å². The fourth-order valence-electron chi connectivity index (χ4n) is 2.87. The van der Waals surface area contributed by atoms with Crippen molar-refractivity contribution in [3.05, 3.63) is 29.8 Å². The summed E-state index contributed by atoms with van der Waals surface area (Å²) in [5, 5.41) is 0. The normalized spacial score (nSPS) is 20.0. The van der Waals surface area contributed by atoms with Crippen LogP contribution in [0.25, 0.3) is 0 Å².